The third-order valence-corrected chi connectivity index (χ3v) is 2.99. The topological polar surface area (TPSA) is 43.8 Å². The monoisotopic (exact) mass is 273 g/mol. The van der Waals surface area contributed by atoms with Gasteiger partial charge in [0.1, 0.15) is 5.82 Å². The first-order valence-electron chi connectivity index (χ1n) is 5.36. The van der Waals surface area contributed by atoms with Crippen LogP contribution in [0, 0.1) is 5.41 Å². The molecular formula is C11H20BrN3. The lowest BCUT2D eigenvalue weighted by Gasteiger charge is -2.16. The predicted molar refractivity (Wildman–Crippen MR) is 67.8 cm³/mol. The average molecular weight is 274 g/mol. The van der Waals surface area contributed by atoms with Crippen LogP contribution < -0.4 is 5.73 Å². The second kappa shape index (κ2) is 4.56. The molecule has 1 aromatic rings. The molecule has 1 rings (SSSR count). The summed E-state index contributed by atoms with van der Waals surface area (Å²) in [4.78, 5) is 0. The summed E-state index contributed by atoms with van der Waals surface area (Å²) in [7, 11) is 0. The maximum atomic E-state index is 5.96. The van der Waals surface area contributed by atoms with Gasteiger partial charge in [-0.2, -0.15) is 5.10 Å². The fraction of sp³-hybridized carbons (Fsp3) is 0.727. The van der Waals surface area contributed by atoms with E-state index in [2.05, 4.69) is 48.7 Å². The molecule has 0 atom stereocenters. The van der Waals surface area contributed by atoms with Crippen molar-refractivity contribution in [1.29, 1.82) is 0 Å². The molecule has 1 aromatic heterocycles. The third-order valence-electron chi connectivity index (χ3n) is 2.13. The van der Waals surface area contributed by atoms with Crippen molar-refractivity contribution in [2.45, 2.75) is 47.1 Å². The molecule has 0 aromatic carbocycles. The Labute approximate surface area is 100 Å². The molecule has 1 heterocycles. The van der Waals surface area contributed by atoms with Crippen molar-refractivity contribution in [3.63, 3.8) is 0 Å². The molecule has 3 nitrogen and oxygen atoms in total. The van der Waals surface area contributed by atoms with E-state index in [1.807, 2.05) is 4.68 Å². The van der Waals surface area contributed by atoms with Crippen molar-refractivity contribution < 1.29 is 0 Å². The van der Waals surface area contributed by atoms with Crippen molar-refractivity contribution in [3.8, 4) is 0 Å². The first-order valence-corrected chi connectivity index (χ1v) is 6.15. The van der Waals surface area contributed by atoms with Gasteiger partial charge in [-0.15, -0.1) is 0 Å². The largest absolute Gasteiger partial charge is 0.383 e. The van der Waals surface area contributed by atoms with Crippen LogP contribution >= 0.6 is 15.9 Å². The summed E-state index contributed by atoms with van der Waals surface area (Å²) in [5, 5.41) is 4.53. The molecule has 0 aliphatic carbocycles. The summed E-state index contributed by atoms with van der Waals surface area (Å²) in [6, 6.07) is 0. The number of anilines is 1. The van der Waals surface area contributed by atoms with Crippen LogP contribution in [0.1, 0.15) is 39.8 Å². The molecule has 0 aliphatic rings. The minimum Gasteiger partial charge on any atom is -0.383 e. The van der Waals surface area contributed by atoms with E-state index in [-0.39, 0.29) is 5.41 Å². The highest BCUT2D eigenvalue weighted by atomic mass is 79.9. The molecule has 0 bridgehead atoms. The van der Waals surface area contributed by atoms with Gasteiger partial charge in [0.2, 0.25) is 0 Å². The Balaban J connectivity index is 2.95. The molecular weight excluding hydrogens is 254 g/mol. The normalized spacial score (nSPS) is 12.1. The van der Waals surface area contributed by atoms with E-state index < -0.39 is 0 Å². The Morgan fingerprint density at radius 2 is 2.00 bits per heavy atom. The van der Waals surface area contributed by atoms with Crippen molar-refractivity contribution in [2.75, 3.05) is 5.73 Å². The highest BCUT2D eigenvalue weighted by Gasteiger charge is 2.19. The van der Waals surface area contributed by atoms with E-state index in [0.29, 0.717) is 0 Å². The van der Waals surface area contributed by atoms with Crippen LogP contribution in [0.5, 0.6) is 0 Å². The molecule has 0 fully saturated rings. The Hall–Kier alpha value is -0.510. The number of rotatable bonds is 3. The van der Waals surface area contributed by atoms with Crippen LogP contribution in [-0.2, 0) is 13.0 Å². The summed E-state index contributed by atoms with van der Waals surface area (Å²) in [5.74, 6) is 0.746. The smallest absolute Gasteiger partial charge is 0.136 e. The van der Waals surface area contributed by atoms with Gasteiger partial charge in [-0.25, -0.2) is 4.68 Å². The van der Waals surface area contributed by atoms with Crippen LogP contribution in [0.15, 0.2) is 4.47 Å². The van der Waals surface area contributed by atoms with Gasteiger partial charge in [0, 0.05) is 6.54 Å². The molecule has 2 N–H and O–H groups in total. The maximum absolute atomic E-state index is 5.96. The Bertz CT molecular complexity index is 336. The van der Waals surface area contributed by atoms with E-state index in [1.54, 1.807) is 0 Å². The Morgan fingerprint density at radius 3 is 2.47 bits per heavy atom. The highest BCUT2D eigenvalue weighted by Crippen LogP contribution is 2.29. The van der Waals surface area contributed by atoms with Gasteiger partial charge < -0.3 is 5.73 Å². The van der Waals surface area contributed by atoms with E-state index in [4.69, 9.17) is 5.73 Å². The first-order chi connectivity index (χ1) is 6.85. The molecule has 86 valence electrons. The SMILES string of the molecule is CCCn1nc(CC(C)(C)C)c(Br)c1N. The van der Waals surface area contributed by atoms with Crippen LogP contribution in [0.2, 0.25) is 0 Å². The van der Waals surface area contributed by atoms with Crippen molar-refractivity contribution in [3.05, 3.63) is 10.2 Å². The number of aryl methyl sites for hydroxylation is 1. The van der Waals surface area contributed by atoms with Crippen LogP contribution in [0.4, 0.5) is 5.82 Å². The molecule has 0 spiro atoms. The number of hydrogen-bond acceptors (Lipinski definition) is 2. The molecule has 15 heavy (non-hydrogen) atoms. The van der Waals surface area contributed by atoms with Crippen LogP contribution in [0.25, 0.3) is 0 Å². The van der Waals surface area contributed by atoms with Crippen LogP contribution in [-0.4, -0.2) is 9.78 Å². The third kappa shape index (κ3) is 3.23. The maximum Gasteiger partial charge on any atom is 0.136 e. The fourth-order valence-electron chi connectivity index (χ4n) is 1.50. The first kappa shape index (κ1) is 12.6. The van der Waals surface area contributed by atoms with Gasteiger partial charge in [0.05, 0.1) is 10.2 Å². The molecule has 0 radical (unpaired) electrons. The average Bonchev–Trinajstić information content (AvgIpc) is 2.32. The van der Waals surface area contributed by atoms with Crippen molar-refractivity contribution in [2.24, 2.45) is 5.41 Å². The number of aromatic nitrogens is 2. The number of halogens is 1. The molecule has 4 heteroatoms. The van der Waals surface area contributed by atoms with Crippen LogP contribution in [0.3, 0.4) is 0 Å². The van der Waals surface area contributed by atoms with Gasteiger partial charge in [-0.05, 0) is 34.2 Å². The zero-order valence-electron chi connectivity index (χ0n) is 9.97. The summed E-state index contributed by atoms with van der Waals surface area (Å²) in [5.41, 5.74) is 7.26. The van der Waals surface area contributed by atoms with Crippen molar-refractivity contribution in [1.82, 2.24) is 9.78 Å². The highest BCUT2D eigenvalue weighted by molar-refractivity contribution is 9.10. The standard InChI is InChI=1S/C11H20BrN3/c1-5-6-15-10(13)9(12)8(14-15)7-11(2,3)4/h5-7,13H2,1-4H3. The summed E-state index contributed by atoms with van der Waals surface area (Å²) >= 11 is 3.52. The fourth-order valence-corrected chi connectivity index (χ4v) is 1.93. The molecule has 0 unspecified atom stereocenters. The summed E-state index contributed by atoms with van der Waals surface area (Å²) in [6.45, 7) is 9.62. The Morgan fingerprint density at radius 1 is 1.40 bits per heavy atom. The Kier molecular flexibility index (Phi) is 3.82. The number of nitrogen functional groups attached to an aromatic ring is 1. The number of nitrogens with zero attached hydrogens (tertiary/aromatic N) is 2. The molecule has 0 saturated carbocycles. The van der Waals surface area contributed by atoms with E-state index in [0.717, 1.165) is 35.4 Å². The minimum atomic E-state index is 0.236. The number of hydrogen-bond donors (Lipinski definition) is 1. The lowest BCUT2D eigenvalue weighted by Crippen LogP contribution is -2.10. The zero-order valence-corrected chi connectivity index (χ0v) is 11.6. The second-order valence-corrected chi connectivity index (χ2v) is 5.90. The lowest BCUT2D eigenvalue weighted by molar-refractivity contribution is 0.402. The van der Waals surface area contributed by atoms with E-state index >= 15 is 0 Å². The second-order valence-electron chi connectivity index (χ2n) is 5.11. The zero-order chi connectivity index (χ0) is 11.6. The quantitative estimate of drug-likeness (QED) is 0.919. The number of nitrogens with two attached hydrogens (primary N) is 1. The summed E-state index contributed by atoms with van der Waals surface area (Å²) in [6.07, 6.45) is 1.99. The van der Waals surface area contributed by atoms with Gasteiger partial charge in [0.15, 0.2) is 0 Å². The molecule has 0 saturated heterocycles. The van der Waals surface area contributed by atoms with Gasteiger partial charge in [-0.3, -0.25) is 0 Å². The van der Waals surface area contributed by atoms with E-state index in [1.165, 1.54) is 0 Å². The molecule has 0 amide bonds. The van der Waals surface area contributed by atoms with E-state index in [9.17, 15) is 0 Å². The molecule has 0 aliphatic heterocycles. The van der Waals surface area contributed by atoms with Gasteiger partial charge in [-0.1, -0.05) is 27.7 Å². The minimum absolute atomic E-state index is 0.236. The lowest BCUT2D eigenvalue weighted by atomic mass is 9.91. The predicted octanol–water partition coefficient (Wildman–Crippen LogP) is 3.23. The van der Waals surface area contributed by atoms with Gasteiger partial charge >= 0.3 is 0 Å². The van der Waals surface area contributed by atoms with Crippen molar-refractivity contribution >= 4 is 21.7 Å². The van der Waals surface area contributed by atoms with Gasteiger partial charge in [0.25, 0.3) is 0 Å². The summed E-state index contributed by atoms with van der Waals surface area (Å²) < 4.78 is 2.84.